The van der Waals surface area contributed by atoms with Crippen LogP contribution in [0.25, 0.3) is 0 Å². The van der Waals surface area contributed by atoms with Gasteiger partial charge in [-0.05, 0) is 26.2 Å². The van der Waals surface area contributed by atoms with E-state index < -0.39 is 0 Å². The number of likely N-dealkylation sites (tertiary alicyclic amines) is 1. The van der Waals surface area contributed by atoms with Crippen LogP contribution in [0, 0.1) is 0 Å². The van der Waals surface area contributed by atoms with Crippen LogP contribution in [0.5, 0.6) is 0 Å². The van der Waals surface area contributed by atoms with Gasteiger partial charge in [-0.15, -0.1) is 0 Å². The number of aliphatic hydroxyl groups excluding tert-OH is 1. The molecule has 2 atom stereocenters. The third kappa shape index (κ3) is 2.25. The summed E-state index contributed by atoms with van der Waals surface area (Å²) in [5.41, 5.74) is 0. The van der Waals surface area contributed by atoms with Crippen molar-refractivity contribution in [1.82, 2.24) is 10.2 Å². The van der Waals surface area contributed by atoms with Crippen molar-refractivity contribution in [3.05, 3.63) is 0 Å². The Morgan fingerprint density at radius 2 is 2.21 bits per heavy atom. The van der Waals surface area contributed by atoms with E-state index in [2.05, 4.69) is 5.32 Å². The smallest absolute Gasteiger partial charge is 0.237 e. The Morgan fingerprint density at radius 3 is 2.71 bits per heavy atom. The Labute approximate surface area is 84.3 Å². The minimum Gasteiger partial charge on any atom is -0.392 e. The van der Waals surface area contributed by atoms with Gasteiger partial charge in [-0.25, -0.2) is 0 Å². The van der Waals surface area contributed by atoms with Gasteiger partial charge < -0.3 is 10.4 Å². The molecule has 0 radical (unpaired) electrons. The fourth-order valence-electron chi connectivity index (χ4n) is 1.84. The maximum Gasteiger partial charge on any atom is 0.237 e. The number of β-amino-alcohol motifs (C(OH)–C–C–N with tert-alkyl or cyclic N) is 1. The van der Waals surface area contributed by atoms with E-state index in [4.69, 9.17) is 0 Å². The lowest BCUT2D eigenvalue weighted by molar-refractivity contribution is -0.125. The summed E-state index contributed by atoms with van der Waals surface area (Å²) in [6.07, 6.45) is 2.80. The van der Waals surface area contributed by atoms with Crippen LogP contribution in [0.1, 0.15) is 26.2 Å². The Morgan fingerprint density at radius 1 is 1.50 bits per heavy atom. The number of hydrogen-bond acceptors (Lipinski definition) is 3. The number of nitrogens with zero attached hydrogens (tertiary/aromatic N) is 1. The molecule has 4 nitrogen and oxygen atoms in total. The lowest BCUT2D eigenvalue weighted by Gasteiger charge is -2.22. The third-order valence-corrected chi connectivity index (χ3v) is 3.05. The van der Waals surface area contributed by atoms with Crippen LogP contribution >= 0.6 is 0 Å². The minimum atomic E-state index is -0.244. The van der Waals surface area contributed by atoms with Gasteiger partial charge in [0.1, 0.15) is 0 Å². The molecule has 2 N–H and O–H groups in total. The van der Waals surface area contributed by atoms with Crippen LogP contribution in [-0.4, -0.2) is 47.2 Å². The Hall–Kier alpha value is -0.610. The number of amides is 1. The zero-order chi connectivity index (χ0) is 10.1. The highest BCUT2D eigenvalue weighted by Crippen LogP contribution is 2.19. The quantitative estimate of drug-likeness (QED) is 0.656. The van der Waals surface area contributed by atoms with Crippen molar-refractivity contribution in [2.24, 2.45) is 0 Å². The standard InChI is InChI=1S/C10H18N2O2/c1-7(10(14)11-8-2-3-8)12-5-4-9(13)6-12/h7-9,13H,2-6H2,1H3,(H,11,14)/t7?,9-/m0/s1. The molecule has 0 aromatic rings. The molecule has 1 aliphatic heterocycles. The van der Waals surface area contributed by atoms with E-state index in [0.717, 1.165) is 25.8 Å². The average molecular weight is 198 g/mol. The summed E-state index contributed by atoms with van der Waals surface area (Å²) in [7, 11) is 0. The lowest BCUT2D eigenvalue weighted by atomic mass is 10.3. The number of rotatable bonds is 3. The Balaban J connectivity index is 1.80. The molecule has 1 saturated heterocycles. The van der Waals surface area contributed by atoms with Crippen molar-refractivity contribution >= 4 is 5.91 Å². The molecule has 0 aromatic carbocycles. The summed E-state index contributed by atoms with van der Waals surface area (Å²) in [4.78, 5) is 13.7. The molecule has 4 heteroatoms. The second kappa shape index (κ2) is 3.87. The van der Waals surface area contributed by atoms with Crippen molar-refractivity contribution in [3.8, 4) is 0 Å². The topological polar surface area (TPSA) is 52.6 Å². The molecule has 2 aliphatic rings. The lowest BCUT2D eigenvalue weighted by Crippen LogP contribution is -2.45. The van der Waals surface area contributed by atoms with Crippen molar-refractivity contribution < 1.29 is 9.90 Å². The second-order valence-corrected chi connectivity index (χ2v) is 4.40. The summed E-state index contributed by atoms with van der Waals surface area (Å²) < 4.78 is 0. The minimum absolute atomic E-state index is 0.0900. The van der Waals surface area contributed by atoms with Gasteiger partial charge in [-0.2, -0.15) is 0 Å². The molecular formula is C10H18N2O2. The fraction of sp³-hybridized carbons (Fsp3) is 0.900. The van der Waals surface area contributed by atoms with Crippen LogP contribution in [0.2, 0.25) is 0 Å². The van der Waals surface area contributed by atoms with Crippen LogP contribution < -0.4 is 5.32 Å². The van der Waals surface area contributed by atoms with Crippen LogP contribution in [0.15, 0.2) is 0 Å². The third-order valence-electron chi connectivity index (χ3n) is 3.05. The molecule has 0 aromatic heterocycles. The molecule has 0 spiro atoms. The SMILES string of the molecule is CC(C(=O)NC1CC1)N1CC[C@H](O)C1. The van der Waals surface area contributed by atoms with E-state index in [1.54, 1.807) is 0 Å². The molecule has 2 fully saturated rings. The maximum absolute atomic E-state index is 11.7. The molecule has 1 amide bonds. The summed E-state index contributed by atoms with van der Waals surface area (Å²) in [5.74, 6) is 0.113. The van der Waals surface area contributed by atoms with Crippen molar-refractivity contribution in [3.63, 3.8) is 0 Å². The largest absolute Gasteiger partial charge is 0.392 e. The molecule has 1 heterocycles. The van der Waals surface area contributed by atoms with E-state index in [1.165, 1.54) is 0 Å². The van der Waals surface area contributed by atoms with Crippen molar-refractivity contribution in [2.45, 2.75) is 44.4 Å². The van der Waals surface area contributed by atoms with Crippen LogP contribution in [0.4, 0.5) is 0 Å². The van der Waals surface area contributed by atoms with Crippen molar-refractivity contribution in [2.75, 3.05) is 13.1 Å². The summed E-state index contributed by atoms with van der Waals surface area (Å²) >= 11 is 0. The molecule has 2 rings (SSSR count). The molecule has 80 valence electrons. The average Bonchev–Trinajstić information content (AvgIpc) is 2.85. The van der Waals surface area contributed by atoms with Gasteiger partial charge in [0.05, 0.1) is 12.1 Å². The molecule has 1 aliphatic carbocycles. The molecule has 0 bridgehead atoms. The monoisotopic (exact) mass is 198 g/mol. The first-order valence-corrected chi connectivity index (χ1v) is 5.39. The summed E-state index contributed by atoms with van der Waals surface area (Å²) in [5, 5.41) is 12.3. The first-order valence-electron chi connectivity index (χ1n) is 5.39. The van der Waals surface area contributed by atoms with Crippen molar-refractivity contribution in [1.29, 1.82) is 0 Å². The first kappa shape index (κ1) is 9.93. The van der Waals surface area contributed by atoms with Gasteiger partial charge in [0.15, 0.2) is 0 Å². The van der Waals surface area contributed by atoms with E-state index in [0.29, 0.717) is 12.6 Å². The highest BCUT2D eigenvalue weighted by Gasteiger charge is 2.31. The number of hydrogen-bond donors (Lipinski definition) is 2. The number of aliphatic hydroxyl groups is 1. The van der Waals surface area contributed by atoms with Gasteiger partial charge in [0, 0.05) is 19.1 Å². The normalized spacial score (nSPS) is 30.3. The molecule has 14 heavy (non-hydrogen) atoms. The van der Waals surface area contributed by atoms with Gasteiger partial charge in [-0.1, -0.05) is 0 Å². The predicted molar refractivity (Wildman–Crippen MR) is 52.8 cm³/mol. The molecular weight excluding hydrogens is 180 g/mol. The Bertz CT molecular complexity index is 228. The number of carbonyl (C=O) groups is 1. The Kier molecular flexibility index (Phi) is 2.74. The van der Waals surface area contributed by atoms with E-state index >= 15 is 0 Å². The highest BCUT2D eigenvalue weighted by atomic mass is 16.3. The second-order valence-electron chi connectivity index (χ2n) is 4.40. The highest BCUT2D eigenvalue weighted by molar-refractivity contribution is 5.81. The van der Waals surface area contributed by atoms with E-state index in [1.807, 2.05) is 11.8 Å². The molecule has 1 unspecified atom stereocenters. The van der Waals surface area contributed by atoms with E-state index in [9.17, 15) is 9.90 Å². The van der Waals surface area contributed by atoms with Gasteiger partial charge in [0.25, 0.3) is 0 Å². The summed E-state index contributed by atoms with van der Waals surface area (Å²) in [6.45, 7) is 3.38. The fourth-order valence-corrected chi connectivity index (χ4v) is 1.84. The van der Waals surface area contributed by atoms with Crippen LogP contribution in [-0.2, 0) is 4.79 Å². The maximum atomic E-state index is 11.7. The van der Waals surface area contributed by atoms with Crippen LogP contribution in [0.3, 0.4) is 0 Å². The van der Waals surface area contributed by atoms with Gasteiger partial charge >= 0.3 is 0 Å². The zero-order valence-corrected chi connectivity index (χ0v) is 8.57. The first-order chi connectivity index (χ1) is 6.66. The number of carbonyl (C=O) groups excluding carboxylic acids is 1. The molecule has 1 saturated carbocycles. The van der Waals surface area contributed by atoms with E-state index in [-0.39, 0.29) is 18.1 Å². The van der Waals surface area contributed by atoms with Gasteiger partial charge in [-0.3, -0.25) is 9.69 Å². The van der Waals surface area contributed by atoms with Gasteiger partial charge in [0.2, 0.25) is 5.91 Å². The summed E-state index contributed by atoms with van der Waals surface area (Å²) in [6, 6.07) is 0.338. The number of nitrogens with one attached hydrogen (secondary N) is 1. The predicted octanol–water partition coefficient (Wildman–Crippen LogP) is -0.280. The zero-order valence-electron chi connectivity index (χ0n) is 8.57.